The van der Waals surface area contributed by atoms with Crippen LogP contribution in [0.5, 0.6) is 0 Å². The highest BCUT2D eigenvalue weighted by atomic mass is 16.5. The molecule has 2 aliphatic rings. The van der Waals surface area contributed by atoms with Crippen LogP contribution < -0.4 is 5.73 Å². The van der Waals surface area contributed by atoms with Gasteiger partial charge < -0.3 is 10.5 Å². The van der Waals surface area contributed by atoms with Crippen LogP contribution in [0.2, 0.25) is 0 Å². The van der Waals surface area contributed by atoms with E-state index in [9.17, 15) is 0 Å². The largest absolute Gasteiger partial charge is 0.373 e. The van der Waals surface area contributed by atoms with Crippen LogP contribution in [0.4, 0.5) is 0 Å². The van der Waals surface area contributed by atoms with Crippen molar-refractivity contribution < 1.29 is 4.74 Å². The smallest absolute Gasteiger partial charge is 0.0678 e. The first-order valence-corrected chi connectivity index (χ1v) is 8.48. The van der Waals surface area contributed by atoms with Crippen molar-refractivity contribution in [2.24, 2.45) is 17.1 Å². The van der Waals surface area contributed by atoms with Crippen LogP contribution in [0.3, 0.4) is 0 Å². The lowest BCUT2D eigenvalue weighted by Gasteiger charge is -2.48. The predicted molar refractivity (Wildman–Crippen MR) is 84.8 cm³/mol. The van der Waals surface area contributed by atoms with Crippen molar-refractivity contribution in [3.8, 4) is 0 Å². The molecule has 0 amide bonds. The first-order chi connectivity index (χ1) is 9.33. The number of hydrogen-bond donors (Lipinski definition) is 1. The number of nitrogens with two attached hydrogens (primary N) is 1. The Kier molecular flexibility index (Phi) is 5.14. The van der Waals surface area contributed by atoms with E-state index in [1.807, 2.05) is 0 Å². The van der Waals surface area contributed by atoms with Crippen molar-refractivity contribution in [3.05, 3.63) is 0 Å². The second-order valence-electron chi connectivity index (χ2n) is 7.79. The third kappa shape index (κ3) is 3.55. The van der Waals surface area contributed by atoms with E-state index in [4.69, 9.17) is 10.5 Å². The molecule has 5 atom stereocenters. The van der Waals surface area contributed by atoms with E-state index in [2.05, 4.69) is 39.5 Å². The molecule has 1 heterocycles. The molecule has 0 aromatic rings. The summed E-state index contributed by atoms with van der Waals surface area (Å²) in [4.78, 5) is 2.61. The van der Waals surface area contributed by atoms with Crippen molar-refractivity contribution in [3.63, 3.8) is 0 Å². The molecule has 5 unspecified atom stereocenters. The van der Waals surface area contributed by atoms with E-state index in [0.717, 1.165) is 19.0 Å². The number of nitrogens with zero attached hydrogens (tertiary/aromatic N) is 1. The second-order valence-corrected chi connectivity index (χ2v) is 7.79. The van der Waals surface area contributed by atoms with Gasteiger partial charge in [0.15, 0.2) is 0 Å². The van der Waals surface area contributed by atoms with E-state index in [-0.39, 0.29) is 0 Å². The molecule has 2 rings (SSSR count). The molecule has 0 spiro atoms. The van der Waals surface area contributed by atoms with Gasteiger partial charge in [0, 0.05) is 25.2 Å². The van der Waals surface area contributed by atoms with Gasteiger partial charge in [-0.15, -0.1) is 0 Å². The zero-order chi connectivity index (χ0) is 14.9. The highest BCUT2D eigenvalue weighted by Gasteiger charge is 2.39. The SMILES string of the molecule is CCC(C)(C)C1CCC(N)C(N2CC(C)OC(C)C2)C1. The van der Waals surface area contributed by atoms with E-state index < -0.39 is 0 Å². The molecular formula is C17H34N2O. The molecule has 2 N–H and O–H groups in total. The normalized spacial score (nSPS) is 40.8. The van der Waals surface area contributed by atoms with E-state index >= 15 is 0 Å². The first kappa shape index (κ1) is 16.3. The van der Waals surface area contributed by atoms with Gasteiger partial charge in [0.1, 0.15) is 0 Å². The molecule has 118 valence electrons. The molecule has 1 aliphatic carbocycles. The minimum absolute atomic E-state index is 0.338. The second kappa shape index (κ2) is 6.33. The van der Waals surface area contributed by atoms with Crippen LogP contribution in [-0.4, -0.2) is 42.3 Å². The maximum Gasteiger partial charge on any atom is 0.0678 e. The highest BCUT2D eigenvalue weighted by molar-refractivity contribution is 4.95. The Labute approximate surface area is 125 Å². The van der Waals surface area contributed by atoms with Gasteiger partial charge in [-0.05, 0) is 44.4 Å². The Bertz CT molecular complexity index is 308. The summed E-state index contributed by atoms with van der Waals surface area (Å²) >= 11 is 0. The lowest BCUT2D eigenvalue weighted by molar-refractivity contribution is -0.0918. The highest BCUT2D eigenvalue weighted by Crippen LogP contribution is 2.41. The lowest BCUT2D eigenvalue weighted by atomic mass is 9.67. The van der Waals surface area contributed by atoms with Gasteiger partial charge in [0.2, 0.25) is 0 Å². The molecule has 0 aromatic heterocycles. The first-order valence-electron chi connectivity index (χ1n) is 8.48. The summed E-state index contributed by atoms with van der Waals surface area (Å²) in [5, 5.41) is 0. The van der Waals surface area contributed by atoms with Gasteiger partial charge in [-0.1, -0.05) is 27.2 Å². The molecule has 0 bridgehead atoms. The van der Waals surface area contributed by atoms with Crippen LogP contribution in [0.15, 0.2) is 0 Å². The third-order valence-electron chi connectivity index (χ3n) is 5.80. The van der Waals surface area contributed by atoms with Crippen LogP contribution >= 0.6 is 0 Å². The fourth-order valence-electron chi connectivity index (χ4n) is 4.08. The molecular weight excluding hydrogens is 248 g/mol. The third-order valence-corrected chi connectivity index (χ3v) is 5.80. The summed E-state index contributed by atoms with van der Waals surface area (Å²) in [7, 11) is 0. The molecule has 1 saturated heterocycles. The van der Waals surface area contributed by atoms with Crippen LogP contribution in [0.25, 0.3) is 0 Å². The minimum atomic E-state index is 0.338. The summed E-state index contributed by atoms with van der Waals surface area (Å²) in [6.45, 7) is 13.6. The summed E-state index contributed by atoms with van der Waals surface area (Å²) in [6.07, 6.45) is 5.68. The van der Waals surface area contributed by atoms with Gasteiger partial charge in [-0.25, -0.2) is 0 Å². The minimum Gasteiger partial charge on any atom is -0.373 e. The molecule has 0 aromatic carbocycles. The Morgan fingerprint density at radius 3 is 2.30 bits per heavy atom. The maximum atomic E-state index is 6.47. The van der Waals surface area contributed by atoms with E-state index in [1.165, 1.54) is 25.7 Å². The average Bonchev–Trinajstić information content (AvgIpc) is 2.37. The van der Waals surface area contributed by atoms with Crippen molar-refractivity contribution in [2.75, 3.05) is 13.1 Å². The van der Waals surface area contributed by atoms with Crippen LogP contribution in [0.1, 0.15) is 60.3 Å². The predicted octanol–water partition coefficient (Wildman–Crippen LogP) is 3.03. The molecule has 0 radical (unpaired) electrons. The molecule has 3 heteroatoms. The molecule has 1 aliphatic heterocycles. The average molecular weight is 282 g/mol. The molecule has 1 saturated carbocycles. The fraction of sp³-hybridized carbons (Fsp3) is 1.00. The van der Waals surface area contributed by atoms with Gasteiger partial charge in [0.05, 0.1) is 12.2 Å². The zero-order valence-corrected chi connectivity index (χ0v) is 14.1. The summed E-state index contributed by atoms with van der Waals surface area (Å²) in [5.74, 6) is 0.811. The van der Waals surface area contributed by atoms with Crippen molar-refractivity contribution in [1.82, 2.24) is 4.90 Å². The number of hydrogen-bond acceptors (Lipinski definition) is 3. The Morgan fingerprint density at radius 1 is 1.15 bits per heavy atom. The Hall–Kier alpha value is -0.120. The van der Waals surface area contributed by atoms with Gasteiger partial charge in [-0.2, -0.15) is 0 Å². The molecule has 20 heavy (non-hydrogen) atoms. The van der Waals surface area contributed by atoms with E-state index in [1.54, 1.807) is 0 Å². The number of rotatable bonds is 3. The standard InChI is InChI=1S/C17H34N2O/c1-6-17(4,5)14-7-8-15(18)16(9-14)19-10-12(2)20-13(3)11-19/h12-16H,6-11,18H2,1-5H3. The summed E-state index contributed by atoms with van der Waals surface area (Å²) in [5.41, 5.74) is 6.91. The topological polar surface area (TPSA) is 38.5 Å². The van der Waals surface area contributed by atoms with Crippen molar-refractivity contribution >= 4 is 0 Å². The van der Waals surface area contributed by atoms with Gasteiger partial charge in [0.25, 0.3) is 0 Å². The lowest BCUT2D eigenvalue weighted by Crippen LogP contribution is -2.58. The Balaban J connectivity index is 2.05. The zero-order valence-electron chi connectivity index (χ0n) is 14.1. The Morgan fingerprint density at radius 2 is 1.75 bits per heavy atom. The van der Waals surface area contributed by atoms with E-state index in [0.29, 0.717) is 29.7 Å². The molecule has 3 nitrogen and oxygen atoms in total. The van der Waals surface area contributed by atoms with Crippen molar-refractivity contribution in [2.45, 2.75) is 84.6 Å². The summed E-state index contributed by atoms with van der Waals surface area (Å²) in [6, 6.07) is 0.893. The van der Waals surface area contributed by atoms with Crippen LogP contribution in [0, 0.1) is 11.3 Å². The van der Waals surface area contributed by atoms with Crippen LogP contribution in [-0.2, 0) is 4.74 Å². The van der Waals surface area contributed by atoms with Gasteiger partial charge >= 0.3 is 0 Å². The summed E-state index contributed by atoms with van der Waals surface area (Å²) < 4.78 is 5.88. The van der Waals surface area contributed by atoms with Crippen molar-refractivity contribution in [1.29, 1.82) is 0 Å². The number of morpholine rings is 1. The van der Waals surface area contributed by atoms with Gasteiger partial charge in [-0.3, -0.25) is 4.90 Å². The monoisotopic (exact) mass is 282 g/mol. The maximum absolute atomic E-state index is 6.47. The quantitative estimate of drug-likeness (QED) is 0.864. The molecule has 2 fully saturated rings. The fourth-order valence-corrected chi connectivity index (χ4v) is 4.08. The number of ether oxygens (including phenoxy) is 1.